The summed E-state index contributed by atoms with van der Waals surface area (Å²) in [5.41, 5.74) is 0.263. The Bertz CT molecular complexity index is 305. The van der Waals surface area contributed by atoms with Crippen LogP contribution in [0.5, 0.6) is 0 Å². The van der Waals surface area contributed by atoms with Crippen molar-refractivity contribution in [1.29, 1.82) is 0 Å². The van der Waals surface area contributed by atoms with Gasteiger partial charge in [-0.3, -0.25) is 0 Å². The molecule has 2 saturated heterocycles. The Labute approximate surface area is 135 Å². The van der Waals surface area contributed by atoms with Crippen LogP contribution in [0.2, 0.25) is 0 Å². The largest absolute Gasteiger partial charge is 0.375 e. The standard InChI is InChI=1S/C18H33NOS/c1-19-17(13-15-6-11-21-12-7-15)16-5-10-20-18(14-16)8-3-2-4-9-18/h15-17,19H,2-14H2,1H3. The number of ether oxygens (including phenoxy) is 1. The molecular formula is C18H33NOS. The third-order valence-corrected chi connectivity index (χ3v) is 7.21. The highest BCUT2D eigenvalue weighted by Crippen LogP contribution is 2.42. The maximum Gasteiger partial charge on any atom is 0.0685 e. The minimum Gasteiger partial charge on any atom is -0.375 e. The zero-order chi connectivity index (χ0) is 14.5. The maximum atomic E-state index is 6.29. The average Bonchev–Trinajstić information content (AvgIpc) is 2.54. The normalized spacial score (nSPS) is 32.1. The fourth-order valence-corrected chi connectivity index (χ4v) is 6.04. The van der Waals surface area contributed by atoms with E-state index in [-0.39, 0.29) is 5.60 Å². The number of thioether (sulfide) groups is 1. The van der Waals surface area contributed by atoms with E-state index in [9.17, 15) is 0 Å². The van der Waals surface area contributed by atoms with Gasteiger partial charge < -0.3 is 10.1 Å². The van der Waals surface area contributed by atoms with Crippen LogP contribution in [0.4, 0.5) is 0 Å². The predicted octanol–water partition coefficient (Wildman–Crippen LogP) is 4.24. The first-order valence-corrected chi connectivity index (χ1v) is 10.4. The molecule has 122 valence electrons. The molecule has 0 radical (unpaired) electrons. The van der Waals surface area contributed by atoms with Gasteiger partial charge in [0.25, 0.3) is 0 Å². The van der Waals surface area contributed by atoms with E-state index < -0.39 is 0 Å². The molecule has 0 amide bonds. The molecule has 2 atom stereocenters. The molecule has 3 fully saturated rings. The molecule has 21 heavy (non-hydrogen) atoms. The quantitative estimate of drug-likeness (QED) is 0.839. The molecule has 3 aliphatic rings. The molecule has 3 rings (SSSR count). The minimum absolute atomic E-state index is 0.263. The smallest absolute Gasteiger partial charge is 0.0685 e. The molecule has 1 N–H and O–H groups in total. The Balaban J connectivity index is 1.57. The van der Waals surface area contributed by atoms with Crippen molar-refractivity contribution in [2.75, 3.05) is 25.2 Å². The van der Waals surface area contributed by atoms with E-state index in [4.69, 9.17) is 4.74 Å². The van der Waals surface area contributed by atoms with E-state index in [1.54, 1.807) is 0 Å². The number of rotatable bonds is 4. The first-order chi connectivity index (χ1) is 10.3. The maximum absolute atomic E-state index is 6.29. The monoisotopic (exact) mass is 311 g/mol. The van der Waals surface area contributed by atoms with Crippen LogP contribution in [0.15, 0.2) is 0 Å². The second-order valence-electron chi connectivity index (χ2n) is 7.53. The number of nitrogens with one attached hydrogen (secondary N) is 1. The Morgan fingerprint density at radius 2 is 1.90 bits per heavy atom. The lowest BCUT2D eigenvalue weighted by atomic mass is 9.72. The van der Waals surface area contributed by atoms with Crippen molar-refractivity contribution in [1.82, 2.24) is 5.32 Å². The van der Waals surface area contributed by atoms with E-state index >= 15 is 0 Å². The molecule has 2 heterocycles. The fourth-order valence-electron chi connectivity index (χ4n) is 4.84. The van der Waals surface area contributed by atoms with Crippen LogP contribution in [0, 0.1) is 11.8 Å². The summed E-state index contributed by atoms with van der Waals surface area (Å²) in [5, 5.41) is 3.68. The first kappa shape index (κ1) is 16.1. The molecule has 0 bridgehead atoms. The van der Waals surface area contributed by atoms with Gasteiger partial charge in [-0.1, -0.05) is 19.3 Å². The molecule has 1 aliphatic carbocycles. The summed E-state index contributed by atoms with van der Waals surface area (Å²) in [6.45, 7) is 1.00. The Morgan fingerprint density at radius 3 is 2.62 bits per heavy atom. The summed E-state index contributed by atoms with van der Waals surface area (Å²) in [6.07, 6.45) is 13.7. The van der Waals surface area contributed by atoms with Gasteiger partial charge in [-0.25, -0.2) is 0 Å². The van der Waals surface area contributed by atoms with Crippen molar-refractivity contribution >= 4 is 11.8 Å². The lowest BCUT2D eigenvalue weighted by Gasteiger charge is -2.46. The van der Waals surface area contributed by atoms with E-state index in [0.29, 0.717) is 0 Å². The predicted molar refractivity (Wildman–Crippen MR) is 92.0 cm³/mol. The highest BCUT2D eigenvalue weighted by atomic mass is 32.2. The van der Waals surface area contributed by atoms with Crippen molar-refractivity contribution in [2.24, 2.45) is 11.8 Å². The second kappa shape index (κ2) is 7.70. The zero-order valence-corrected chi connectivity index (χ0v) is 14.6. The number of hydrogen-bond acceptors (Lipinski definition) is 3. The Morgan fingerprint density at radius 1 is 1.14 bits per heavy atom. The fraction of sp³-hybridized carbons (Fsp3) is 1.00. The second-order valence-corrected chi connectivity index (χ2v) is 8.76. The molecule has 2 nitrogen and oxygen atoms in total. The summed E-state index contributed by atoms with van der Waals surface area (Å²) in [6, 6.07) is 0.723. The summed E-state index contributed by atoms with van der Waals surface area (Å²) >= 11 is 2.15. The van der Waals surface area contributed by atoms with Crippen molar-refractivity contribution in [3.63, 3.8) is 0 Å². The van der Waals surface area contributed by atoms with Crippen molar-refractivity contribution in [2.45, 2.75) is 75.9 Å². The highest BCUT2D eigenvalue weighted by molar-refractivity contribution is 7.99. The molecule has 0 aromatic carbocycles. The molecule has 0 aromatic heterocycles. The summed E-state index contributed by atoms with van der Waals surface area (Å²) in [5.74, 6) is 4.59. The van der Waals surface area contributed by atoms with Crippen LogP contribution >= 0.6 is 11.8 Å². The zero-order valence-electron chi connectivity index (χ0n) is 13.7. The summed E-state index contributed by atoms with van der Waals surface area (Å²) in [4.78, 5) is 0. The van der Waals surface area contributed by atoms with Crippen LogP contribution in [-0.2, 0) is 4.74 Å². The highest BCUT2D eigenvalue weighted by Gasteiger charge is 2.40. The molecule has 0 aromatic rings. The summed E-state index contributed by atoms with van der Waals surface area (Å²) < 4.78 is 6.29. The van der Waals surface area contributed by atoms with Gasteiger partial charge in [0.2, 0.25) is 0 Å². The first-order valence-electron chi connectivity index (χ1n) is 9.20. The molecule has 3 heteroatoms. The van der Waals surface area contributed by atoms with Crippen molar-refractivity contribution < 1.29 is 4.74 Å². The van der Waals surface area contributed by atoms with Gasteiger partial charge in [0, 0.05) is 12.6 Å². The van der Waals surface area contributed by atoms with Crippen LogP contribution < -0.4 is 5.32 Å². The van der Waals surface area contributed by atoms with Gasteiger partial charge in [0.05, 0.1) is 5.60 Å². The molecule has 1 saturated carbocycles. The molecule has 1 spiro atoms. The van der Waals surface area contributed by atoms with Gasteiger partial charge in [0.15, 0.2) is 0 Å². The van der Waals surface area contributed by atoms with Crippen molar-refractivity contribution in [3.8, 4) is 0 Å². The molecule has 2 unspecified atom stereocenters. The summed E-state index contributed by atoms with van der Waals surface area (Å²) in [7, 11) is 2.19. The van der Waals surface area contributed by atoms with E-state index in [1.165, 1.54) is 75.7 Å². The lowest BCUT2D eigenvalue weighted by molar-refractivity contribution is -0.122. The van der Waals surface area contributed by atoms with Crippen LogP contribution in [-0.4, -0.2) is 36.8 Å². The van der Waals surface area contributed by atoms with Gasteiger partial charge in [-0.2, -0.15) is 11.8 Å². The minimum atomic E-state index is 0.263. The third kappa shape index (κ3) is 4.17. The van der Waals surface area contributed by atoms with Gasteiger partial charge >= 0.3 is 0 Å². The van der Waals surface area contributed by atoms with Crippen LogP contribution in [0.3, 0.4) is 0 Å². The van der Waals surface area contributed by atoms with Crippen LogP contribution in [0.1, 0.15) is 64.2 Å². The topological polar surface area (TPSA) is 21.3 Å². The van der Waals surface area contributed by atoms with Crippen LogP contribution in [0.25, 0.3) is 0 Å². The van der Waals surface area contributed by atoms with E-state index in [2.05, 4.69) is 24.1 Å². The average molecular weight is 312 g/mol. The molecular weight excluding hydrogens is 278 g/mol. The molecule has 2 aliphatic heterocycles. The van der Waals surface area contributed by atoms with Gasteiger partial charge in [-0.15, -0.1) is 0 Å². The Kier molecular flexibility index (Phi) is 5.92. The van der Waals surface area contributed by atoms with Crippen molar-refractivity contribution in [3.05, 3.63) is 0 Å². The van der Waals surface area contributed by atoms with E-state index in [0.717, 1.165) is 24.5 Å². The van der Waals surface area contributed by atoms with E-state index in [1.807, 2.05) is 0 Å². The Hall–Kier alpha value is 0.270. The van der Waals surface area contributed by atoms with Gasteiger partial charge in [-0.05, 0) is 75.3 Å². The third-order valence-electron chi connectivity index (χ3n) is 6.16. The van der Waals surface area contributed by atoms with Gasteiger partial charge in [0.1, 0.15) is 0 Å². The lowest BCUT2D eigenvalue weighted by Crippen LogP contribution is -2.47. The SMILES string of the molecule is CNC(CC1CCSCC1)C1CCOC2(CCCCC2)C1. The number of hydrogen-bond donors (Lipinski definition) is 1.